The second-order valence-electron chi connectivity index (χ2n) is 3.88. The summed E-state index contributed by atoms with van der Waals surface area (Å²) in [6.45, 7) is 4.55. The molecule has 6 heteroatoms. The van der Waals surface area contributed by atoms with E-state index in [-0.39, 0.29) is 22.3 Å². The van der Waals surface area contributed by atoms with E-state index in [0.717, 1.165) is 12.1 Å². The van der Waals surface area contributed by atoms with E-state index < -0.39 is 11.6 Å². The number of nitrogens with one attached hydrogen (secondary N) is 1. The van der Waals surface area contributed by atoms with Crippen molar-refractivity contribution in [2.24, 2.45) is 5.73 Å². The minimum absolute atomic E-state index is 0.0401. The first-order valence-electron chi connectivity index (χ1n) is 5.58. The lowest BCUT2D eigenvalue weighted by atomic mass is 10.1. The number of thiocarbonyl (C=S) groups is 1. The lowest BCUT2D eigenvalue weighted by molar-refractivity contribution is 0.141. The number of ether oxygens (including phenoxy) is 1. The molecule has 1 atom stereocenters. The number of hydrogen-bond donors (Lipinski definition) is 2. The van der Waals surface area contributed by atoms with E-state index in [2.05, 4.69) is 17.5 Å². The third-order valence-electron chi connectivity index (χ3n) is 2.29. The molecule has 0 bridgehead atoms. The summed E-state index contributed by atoms with van der Waals surface area (Å²) in [6.07, 6.45) is 0. The monoisotopic (exact) mass is 274 g/mol. The third-order valence-corrected chi connectivity index (χ3v) is 2.53. The molecular weight excluding hydrogens is 258 g/mol. The maximum absolute atomic E-state index is 13.7. The van der Waals surface area contributed by atoms with Crippen molar-refractivity contribution >= 4 is 22.9 Å². The second kappa shape index (κ2) is 6.61. The summed E-state index contributed by atoms with van der Waals surface area (Å²) >= 11 is 4.67. The smallest absolute Gasteiger partial charge is 0.150 e. The number of benzene rings is 1. The molecule has 0 spiro atoms. The van der Waals surface area contributed by atoms with E-state index in [4.69, 9.17) is 10.5 Å². The highest BCUT2D eigenvalue weighted by Crippen LogP contribution is 2.21. The normalized spacial score (nSPS) is 12.2. The molecule has 0 saturated carbocycles. The van der Waals surface area contributed by atoms with Crippen LogP contribution in [0.15, 0.2) is 12.1 Å². The Morgan fingerprint density at radius 3 is 2.44 bits per heavy atom. The van der Waals surface area contributed by atoms with Crippen molar-refractivity contribution in [1.82, 2.24) is 0 Å². The fraction of sp³-hybridized carbons (Fsp3) is 0.417. The van der Waals surface area contributed by atoms with E-state index in [9.17, 15) is 8.78 Å². The first kappa shape index (κ1) is 14.8. The fourth-order valence-corrected chi connectivity index (χ4v) is 1.55. The Morgan fingerprint density at radius 2 is 2.00 bits per heavy atom. The molecule has 1 aromatic carbocycles. The van der Waals surface area contributed by atoms with Gasteiger partial charge in [-0.15, -0.1) is 0 Å². The minimum atomic E-state index is -0.721. The van der Waals surface area contributed by atoms with Crippen molar-refractivity contribution in [2.45, 2.75) is 19.9 Å². The van der Waals surface area contributed by atoms with Crippen molar-refractivity contribution in [2.75, 3.05) is 18.5 Å². The van der Waals surface area contributed by atoms with E-state index in [1.54, 1.807) is 6.92 Å². The lowest BCUT2D eigenvalue weighted by Crippen LogP contribution is -2.23. The number of hydrogen-bond acceptors (Lipinski definition) is 3. The van der Waals surface area contributed by atoms with Crippen LogP contribution < -0.4 is 11.1 Å². The summed E-state index contributed by atoms with van der Waals surface area (Å²) in [7, 11) is 0. The summed E-state index contributed by atoms with van der Waals surface area (Å²) in [6, 6.07) is 2.02. The third kappa shape index (κ3) is 3.89. The Hall–Kier alpha value is -1.27. The van der Waals surface area contributed by atoms with Gasteiger partial charge in [-0.05, 0) is 26.0 Å². The van der Waals surface area contributed by atoms with Gasteiger partial charge in [0, 0.05) is 18.2 Å². The molecule has 100 valence electrons. The van der Waals surface area contributed by atoms with Crippen molar-refractivity contribution < 1.29 is 13.5 Å². The molecule has 1 rings (SSSR count). The molecule has 3 nitrogen and oxygen atoms in total. The average Bonchev–Trinajstić information content (AvgIpc) is 2.30. The summed E-state index contributed by atoms with van der Waals surface area (Å²) in [4.78, 5) is -0.0401. The number of halogens is 2. The summed E-state index contributed by atoms with van der Waals surface area (Å²) in [5.74, 6) is -1.44. The van der Waals surface area contributed by atoms with Gasteiger partial charge in [-0.1, -0.05) is 12.2 Å². The molecule has 1 unspecified atom stereocenters. The number of rotatable bonds is 6. The summed E-state index contributed by atoms with van der Waals surface area (Å²) in [5.41, 5.74) is 5.30. The molecule has 0 aromatic heterocycles. The zero-order valence-corrected chi connectivity index (χ0v) is 11.1. The Kier molecular flexibility index (Phi) is 5.43. The molecule has 0 aliphatic rings. The van der Waals surface area contributed by atoms with Crippen molar-refractivity contribution in [1.29, 1.82) is 0 Å². The SMILES string of the molecule is CCOCC(C)Nc1c(F)cc(C(N)=S)cc1F. The molecule has 3 N–H and O–H groups in total. The zero-order valence-electron chi connectivity index (χ0n) is 10.3. The highest BCUT2D eigenvalue weighted by atomic mass is 32.1. The van der Waals surface area contributed by atoms with Crippen LogP contribution in [0.4, 0.5) is 14.5 Å². The van der Waals surface area contributed by atoms with E-state index in [0.29, 0.717) is 13.2 Å². The highest BCUT2D eigenvalue weighted by Gasteiger charge is 2.14. The maximum atomic E-state index is 13.7. The van der Waals surface area contributed by atoms with E-state index in [1.807, 2.05) is 6.92 Å². The fourth-order valence-electron chi connectivity index (χ4n) is 1.44. The van der Waals surface area contributed by atoms with Crippen LogP contribution in [0, 0.1) is 11.6 Å². The van der Waals surface area contributed by atoms with Crippen molar-refractivity contribution in [3.8, 4) is 0 Å². The highest BCUT2D eigenvalue weighted by molar-refractivity contribution is 7.80. The molecule has 0 saturated heterocycles. The van der Waals surface area contributed by atoms with Gasteiger partial charge in [-0.2, -0.15) is 0 Å². The largest absolute Gasteiger partial charge is 0.389 e. The van der Waals surface area contributed by atoms with Gasteiger partial charge in [0.15, 0.2) is 0 Å². The molecule has 1 aromatic rings. The Morgan fingerprint density at radius 1 is 1.44 bits per heavy atom. The quantitative estimate of drug-likeness (QED) is 0.782. The Bertz CT molecular complexity index is 417. The van der Waals surface area contributed by atoms with Gasteiger partial charge in [0.05, 0.1) is 6.61 Å². The van der Waals surface area contributed by atoms with E-state index >= 15 is 0 Å². The first-order chi connectivity index (χ1) is 8.45. The molecule has 0 aliphatic heterocycles. The van der Waals surface area contributed by atoms with E-state index in [1.165, 1.54) is 0 Å². The van der Waals surface area contributed by atoms with Crippen LogP contribution in [0.5, 0.6) is 0 Å². The van der Waals surface area contributed by atoms with Crippen LogP contribution in [-0.4, -0.2) is 24.2 Å². The van der Waals surface area contributed by atoms with Crippen LogP contribution in [0.1, 0.15) is 19.4 Å². The van der Waals surface area contributed by atoms with Gasteiger partial charge in [0.25, 0.3) is 0 Å². The Balaban J connectivity index is 2.86. The van der Waals surface area contributed by atoms with Gasteiger partial charge < -0.3 is 15.8 Å². The van der Waals surface area contributed by atoms with Crippen LogP contribution in [0.3, 0.4) is 0 Å². The molecule has 0 heterocycles. The molecular formula is C12H16F2N2OS. The van der Waals surface area contributed by atoms with Crippen LogP contribution in [-0.2, 0) is 4.74 Å². The number of nitrogens with two attached hydrogens (primary N) is 1. The topological polar surface area (TPSA) is 47.3 Å². The maximum Gasteiger partial charge on any atom is 0.150 e. The lowest BCUT2D eigenvalue weighted by Gasteiger charge is -2.16. The number of anilines is 1. The van der Waals surface area contributed by atoms with Crippen molar-refractivity contribution in [3.63, 3.8) is 0 Å². The van der Waals surface area contributed by atoms with Gasteiger partial charge in [0.1, 0.15) is 22.3 Å². The van der Waals surface area contributed by atoms with Crippen molar-refractivity contribution in [3.05, 3.63) is 29.3 Å². The summed E-state index contributed by atoms with van der Waals surface area (Å²) in [5, 5.41) is 2.72. The van der Waals surface area contributed by atoms with Gasteiger partial charge >= 0.3 is 0 Å². The predicted octanol–water partition coefficient (Wildman–Crippen LogP) is 2.44. The standard InChI is InChI=1S/C12H16F2N2OS/c1-3-17-6-7(2)16-11-9(13)4-8(12(15)18)5-10(11)14/h4-5,7,16H,3,6H2,1-2H3,(H2,15,18). The zero-order chi connectivity index (χ0) is 13.7. The van der Waals surface area contributed by atoms with Crippen LogP contribution >= 0.6 is 12.2 Å². The van der Waals surface area contributed by atoms with Gasteiger partial charge in [0.2, 0.25) is 0 Å². The second-order valence-corrected chi connectivity index (χ2v) is 4.32. The molecule has 0 fully saturated rings. The summed E-state index contributed by atoms with van der Waals surface area (Å²) < 4.78 is 32.6. The molecule has 0 aliphatic carbocycles. The van der Waals surface area contributed by atoms with Gasteiger partial charge in [-0.3, -0.25) is 0 Å². The average molecular weight is 274 g/mol. The van der Waals surface area contributed by atoms with Crippen LogP contribution in [0.2, 0.25) is 0 Å². The predicted molar refractivity (Wildman–Crippen MR) is 71.8 cm³/mol. The molecule has 0 amide bonds. The van der Waals surface area contributed by atoms with Gasteiger partial charge in [-0.25, -0.2) is 8.78 Å². The minimum Gasteiger partial charge on any atom is -0.389 e. The molecule has 18 heavy (non-hydrogen) atoms. The first-order valence-corrected chi connectivity index (χ1v) is 5.99. The molecule has 0 radical (unpaired) electrons. The Labute approximate surface area is 110 Å². The van der Waals surface area contributed by atoms with Crippen LogP contribution in [0.25, 0.3) is 0 Å².